The van der Waals surface area contributed by atoms with Gasteiger partial charge in [0, 0.05) is 30.0 Å². The molecule has 0 saturated carbocycles. The Labute approximate surface area is 146 Å². The lowest BCUT2D eigenvalue weighted by atomic mass is 9.73. The van der Waals surface area contributed by atoms with Gasteiger partial charge in [-0.15, -0.1) is 0 Å². The number of phenols is 1. The van der Waals surface area contributed by atoms with Crippen molar-refractivity contribution in [3.05, 3.63) is 77.0 Å². The summed E-state index contributed by atoms with van der Waals surface area (Å²) in [5.74, 6) is -0.0242. The number of carbonyl (C=O) groups excluding carboxylic acids is 2. The molecule has 0 spiro atoms. The number of nitrogens with one attached hydrogen (secondary N) is 1. The summed E-state index contributed by atoms with van der Waals surface area (Å²) in [6.07, 6.45) is 1.35. The summed E-state index contributed by atoms with van der Waals surface area (Å²) in [6, 6.07) is 16.8. The number of hydrogen-bond donors (Lipinski definition) is 2. The molecule has 2 unspecified atom stereocenters. The molecule has 1 aliphatic carbocycles. The van der Waals surface area contributed by atoms with Crippen LogP contribution in [0.15, 0.2) is 65.9 Å². The molecule has 0 aromatic heterocycles. The number of allylic oxidation sites excluding steroid dienone is 2. The molecule has 0 saturated heterocycles. The van der Waals surface area contributed by atoms with Crippen LogP contribution in [0.3, 0.4) is 0 Å². The molecule has 0 fully saturated rings. The third kappa shape index (κ3) is 2.95. The van der Waals surface area contributed by atoms with Crippen molar-refractivity contribution < 1.29 is 14.7 Å². The van der Waals surface area contributed by atoms with Gasteiger partial charge in [0.2, 0.25) is 5.91 Å². The number of carbonyl (C=O) groups is 2. The molecule has 126 valence electrons. The SMILES string of the molecule is O=C1CC(c2cccc(O)c2)C2=C(CC(c3ccccc3)CC2=O)N1. The van der Waals surface area contributed by atoms with Crippen LogP contribution in [0, 0.1) is 0 Å². The Bertz CT molecular complexity index is 870. The lowest BCUT2D eigenvalue weighted by molar-refractivity contribution is -0.122. The molecule has 0 radical (unpaired) electrons. The van der Waals surface area contributed by atoms with Crippen molar-refractivity contribution in [3.63, 3.8) is 0 Å². The fourth-order valence-electron chi connectivity index (χ4n) is 3.95. The Morgan fingerprint density at radius 2 is 1.64 bits per heavy atom. The van der Waals surface area contributed by atoms with Crippen molar-refractivity contribution in [3.8, 4) is 5.75 Å². The van der Waals surface area contributed by atoms with E-state index >= 15 is 0 Å². The number of aromatic hydroxyl groups is 1. The van der Waals surface area contributed by atoms with Gasteiger partial charge in [0.25, 0.3) is 0 Å². The molecule has 2 atom stereocenters. The van der Waals surface area contributed by atoms with E-state index in [9.17, 15) is 14.7 Å². The van der Waals surface area contributed by atoms with E-state index in [1.807, 2.05) is 36.4 Å². The van der Waals surface area contributed by atoms with E-state index in [0.717, 1.165) is 16.8 Å². The molecule has 4 nitrogen and oxygen atoms in total. The number of phenolic OH excluding ortho intramolecular Hbond substituents is 1. The highest BCUT2D eigenvalue weighted by atomic mass is 16.3. The molecule has 1 aliphatic heterocycles. The molecule has 0 bridgehead atoms. The highest BCUT2D eigenvalue weighted by Crippen LogP contribution is 2.42. The van der Waals surface area contributed by atoms with E-state index < -0.39 is 0 Å². The molecule has 2 aromatic carbocycles. The fourth-order valence-corrected chi connectivity index (χ4v) is 3.95. The van der Waals surface area contributed by atoms with Crippen LogP contribution < -0.4 is 5.32 Å². The molecule has 2 aliphatic rings. The van der Waals surface area contributed by atoms with Crippen molar-refractivity contribution in [1.29, 1.82) is 0 Å². The standard InChI is InChI=1S/C21H19NO3/c23-16-8-4-7-14(9-16)17-12-20(25)22-18-10-15(11-19(24)21(17)18)13-5-2-1-3-6-13/h1-9,15,17,23H,10-12H2,(H,22,25). The van der Waals surface area contributed by atoms with E-state index in [4.69, 9.17) is 0 Å². The van der Waals surface area contributed by atoms with Gasteiger partial charge in [0.1, 0.15) is 5.75 Å². The summed E-state index contributed by atoms with van der Waals surface area (Å²) in [5, 5.41) is 12.7. The first-order valence-corrected chi connectivity index (χ1v) is 8.52. The first-order chi connectivity index (χ1) is 12.1. The second kappa shape index (κ2) is 6.20. The first-order valence-electron chi connectivity index (χ1n) is 8.52. The van der Waals surface area contributed by atoms with Crippen LogP contribution in [0.4, 0.5) is 0 Å². The zero-order valence-electron chi connectivity index (χ0n) is 13.7. The van der Waals surface area contributed by atoms with Gasteiger partial charge in [0.15, 0.2) is 5.78 Å². The Kier molecular flexibility index (Phi) is 3.88. The minimum atomic E-state index is -0.278. The maximum Gasteiger partial charge on any atom is 0.225 e. The van der Waals surface area contributed by atoms with Crippen LogP contribution >= 0.6 is 0 Å². The van der Waals surface area contributed by atoms with E-state index in [1.54, 1.807) is 18.2 Å². The zero-order chi connectivity index (χ0) is 17.4. The lowest BCUT2D eigenvalue weighted by Gasteiger charge is -2.34. The zero-order valence-corrected chi connectivity index (χ0v) is 13.7. The monoisotopic (exact) mass is 333 g/mol. The molecule has 1 amide bonds. The van der Waals surface area contributed by atoms with Crippen molar-refractivity contribution in [2.24, 2.45) is 0 Å². The van der Waals surface area contributed by atoms with Gasteiger partial charge in [-0.05, 0) is 35.6 Å². The molecule has 2 N–H and O–H groups in total. The van der Waals surface area contributed by atoms with Gasteiger partial charge in [-0.1, -0.05) is 42.5 Å². The fraction of sp³-hybridized carbons (Fsp3) is 0.238. The molecule has 1 heterocycles. The highest BCUT2D eigenvalue weighted by molar-refractivity contribution is 6.02. The van der Waals surface area contributed by atoms with Crippen LogP contribution in [-0.2, 0) is 9.59 Å². The summed E-state index contributed by atoms with van der Waals surface area (Å²) in [4.78, 5) is 25.1. The molecule has 25 heavy (non-hydrogen) atoms. The number of ketones is 1. The molecular weight excluding hydrogens is 314 g/mol. The largest absolute Gasteiger partial charge is 0.508 e. The van der Waals surface area contributed by atoms with Gasteiger partial charge in [-0.25, -0.2) is 0 Å². The predicted molar refractivity (Wildman–Crippen MR) is 94.1 cm³/mol. The second-order valence-electron chi connectivity index (χ2n) is 6.73. The van der Waals surface area contributed by atoms with E-state index in [0.29, 0.717) is 18.4 Å². The Hall–Kier alpha value is -2.88. The maximum absolute atomic E-state index is 12.9. The molecule has 2 aromatic rings. The summed E-state index contributed by atoms with van der Waals surface area (Å²) in [6.45, 7) is 0. The number of Topliss-reactive ketones (excluding diaryl/α,β-unsaturated/α-hetero) is 1. The van der Waals surface area contributed by atoms with Gasteiger partial charge >= 0.3 is 0 Å². The average molecular weight is 333 g/mol. The van der Waals surface area contributed by atoms with E-state index in [-0.39, 0.29) is 35.7 Å². The maximum atomic E-state index is 12.9. The van der Waals surface area contributed by atoms with Gasteiger partial charge in [-0.3, -0.25) is 9.59 Å². The van der Waals surface area contributed by atoms with Crippen molar-refractivity contribution >= 4 is 11.7 Å². The van der Waals surface area contributed by atoms with Crippen LogP contribution in [-0.4, -0.2) is 16.8 Å². The third-order valence-corrected chi connectivity index (χ3v) is 5.08. The predicted octanol–water partition coefficient (Wildman–Crippen LogP) is 3.40. The van der Waals surface area contributed by atoms with Crippen molar-refractivity contribution in [1.82, 2.24) is 5.32 Å². The molecular formula is C21H19NO3. The first kappa shape index (κ1) is 15.6. The van der Waals surface area contributed by atoms with Crippen LogP contribution in [0.5, 0.6) is 5.75 Å². The van der Waals surface area contributed by atoms with Crippen LogP contribution in [0.1, 0.15) is 42.2 Å². The average Bonchev–Trinajstić information content (AvgIpc) is 2.61. The lowest BCUT2D eigenvalue weighted by Crippen LogP contribution is -2.38. The molecule has 4 heteroatoms. The summed E-state index contributed by atoms with van der Waals surface area (Å²) in [5.41, 5.74) is 3.39. The van der Waals surface area contributed by atoms with Gasteiger partial charge in [0.05, 0.1) is 0 Å². The quantitative estimate of drug-likeness (QED) is 0.885. The molecule has 4 rings (SSSR count). The number of hydrogen-bond acceptors (Lipinski definition) is 3. The number of amides is 1. The highest BCUT2D eigenvalue weighted by Gasteiger charge is 2.38. The summed E-state index contributed by atoms with van der Waals surface area (Å²) in [7, 11) is 0. The van der Waals surface area contributed by atoms with Gasteiger partial charge in [-0.2, -0.15) is 0 Å². The van der Waals surface area contributed by atoms with E-state index in [1.165, 1.54) is 0 Å². The van der Waals surface area contributed by atoms with Gasteiger partial charge < -0.3 is 10.4 Å². The summed E-state index contributed by atoms with van der Waals surface area (Å²) >= 11 is 0. The smallest absolute Gasteiger partial charge is 0.225 e. The summed E-state index contributed by atoms with van der Waals surface area (Å²) < 4.78 is 0. The minimum absolute atomic E-state index is 0.0754. The third-order valence-electron chi connectivity index (χ3n) is 5.08. The number of benzene rings is 2. The van der Waals surface area contributed by atoms with Crippen molar-refractivity contribution in [2.75, 3.05) is 0 Å². The topological polar surface area (TPSA) is 66.4 Å². The van der Waals surface area contributed by atoms with E-state index in [2.05, 4.69) is 5.32 Å². The minimum Gasteiger partial charge on any atom is -0.508 e. The van der Waals surface area contributed by atoms with Crippen molar-refractivity contribution in [2.45, 2.75) is 31.1 Å². The Morgan fingerprint density at radius 3 is 2.40 bits per heavy atom. The second-order valence-corrected chi connectivity index (χ2v) is 6.73. The van der Waals surface area contributed by atoms with Crippen LogP contribution in [0.25, 0.3) is 0 Å². The number of rotatable bonds is 2. The Balaban J connectivity index is 1.73. The Morgan fingerprint density at radius 1 is 0.880 bits per heavy atom. The normalized spacial score (nSPS) is 23.2. The van der Waals surface area contributed by atoms with Crippen LogP contribution in [0.2, 0.25) is 0 Å².